The Balaban J connectivity index is 1.34. The summed E-state index contributed by atoms with van der Waals surface area (Å²) in [7, 11) is 0. The minimum Gasteiger partial charge on any atom is -0.0613 e. The highest BCUT2D eigenvalue weighted by Crippen LogP contribution is 2.77. The Labute approximate surface area is 178 Å². The Morgan fingerprint density at radius 2 is 1.28 bits per heavy atom. The van der Waals surface area contributed by atoms with Crippen molar-refractivity contribution in [1.82, 2.24) is 0 Å². The maximum Gasteiger partial charge on any atom is -0.00335 e. The van der Waals surface area contributed by atoms with Crippen LogP contribution in [0.4, 0.5) is 0 Å². The summed E-state index contributed by atoms with van der Waals surface area (Å²) in [6.45, 7) is 4.76. The van der Waals surface area contributed by atoms with Crippen LogP contribution in [0.3, 0.4) is 0 Å². The van der Waals surface area contributed by atoms with Crippen molar-refractivity contribution in [3.63, 3.8) is 0 Å². The Hall–Kier alpha value is -0.780. The van der Waals surface area contributed by atoms with Crippen molar-refractivity contribution in [2.45, 2.75) is 103 Å². The summed E-state index contributed by atoms with van der Waals surface area (Å²) in [6, 6.07) is 7.52. The minimum atomic E-state index is 0.530. The highest BCUT2D eigenvalue weighted by atomic mass is 14.7. The first kappa shape index (κ1) is 17.9. The van der Waals surface area contributed by atoms with Crippen molar-refractivity contribution in [1.29, 1.82) is 0 Å². The molecule has 1 aromatic carbocycles. The van der Waals surface area contributed by atoms with Gasteiger partial charge in [-0.25, -0.2) is 0 Å². The molecule has 0 saturated heterocycles. The fourth-order valence-corrected chi connectivity index (χ4v) is 11.4. The molecule has 1 aromatic rings. The molecule has 29 heavy (non-hydrogen) atoms. The van der Waals surface area contributed by atoms with Gasteiger partial charge < -0.3 is 0 Å². The van der Waals surface area contributed by atoms with Crippen LogP contribution in [-0.2, 0) is 11.8 Å². The van der Waals surface area contributed by atoms with Gasteiger partial charge in [0.05, 0.1) is 0 Å². The van der Waals surface area contributed by atoms with Gasteiger partial charge in [-0.2, -0.15) is 0 Å². The third-order valence-electron chi connectivity index (χ3n) is 11.5. The maximum atomic E-state index is 2.66. The summed E-state index contributed by atoms with van der Waals surface area (Å²) in [5.41, 5.74) is 6.96. The van der Waals surface area contributed by atoms with E-state index in [1.807, 2.05) is 0 Å². The summed E-state index contributed by atoms with van der Waals surface area (Å²) in [4.78, 5) is 0. The molecule has 2 atom stereocenters. The van der Waals surface area contributed by atoms with Gasteiger partial charge in [0.1, 0.15) is 0 Å². The van der Waals surface area contributed by atoms with Gasteiger partial charge in [-0.1, -0.05) is 25.1 Å². The molecule has 0 aliphatic heterocycles. The van der Waals surface area contributed by atoms with Crippen LogP contribution in [0.5, 0.6) is 0 Å². The van der Waals surface area contributed by atoms with E-state index in [1.54, 1.807) is 80.9 Å². The Kier molecular flexibility index (Phi) is 3.52. The molecular formula is C29H40. The molecule has 156 valence electrons. The van der Waals surface area contributed by atoms with Crippen LogP contribution in [0, 0.1) is 47.3 Å². The van der Waals surface area contributed by atoms with Crippen LogP contribution in [0.2, 0.25) is 0 Å². The van der Waals surface area contributed by atoms with Crippen molar-refractivity contribution in [3.05, 3.63) is 34.9 Å². The molecule has 0 amide bonds. The van der Waals surface area contributed by atoms with Gasteiger partial charge in [0.25, 0.3) is 0 Å². The van der Waals surface area contributed by atoms with E-state index < -0.39 is 0 Å². The average molecular weight is 389 g/mol. The van der Waals surface area contributed by atoms with Gasteiger partial charge in [0.15, 0.2) is 0 Å². The normalized spacial score (nSPS) is 51.7. The lowest BCUT2D eigenvalue weighted by atomic mass is 9.32. The molecule has 9 rings (SSSR count). The Morgan fingerprint density at radius 1 is 0.724 bits per heavy atom. The molecule has 8 bridgehead atoms. The lowest BCUT2D eigenvalue weighted by Crippen LogP contribution is -2.63. The van der Waals surface area contributed by atoms with Crippen LogP contribution in [0.15, 0.2) is 18.2 Å². The van der Waals surface area contributed by atoms with Crippen LogP contribution < -0.4 is 0 Å². The molecule has 0 spiro atoms. The zero-order valence-electron chi connectivity index (χ0n) is 18.8. The molecule has 8 aliphatic carbocycles. The van der Waals surface area contributed by atoms with Gasteiger partial charge in [-0.3, -0.25) is 0 Å². The van der Waals surface area contributed by atoms with E-state index >= 15 is 0 Å². The van der Waals surface area contributed by atoms with Gasteiger partial charge in [-0.15, -0.1) is 0 Å². The SMILES string of the molecule is CCc1ccc(C)c(C23CC4CC(C2)CC(C25CC6CC(CC(C6)C2)C5)(C4)C3)c1. The van der Waals surface area contributed by atoms with Gasteiger partial charge in [-0.05, 0) is 153 Å². The van der Waals surface area contributed by atoms with Crippen molar-refractivity contribution >= 4 is 0 Å². The first-order chi connectivity index (χ1) is 14.0. The lowest BCUT2D eigenvalue weighted by molar-refractivity contribution is -0.206. The first-order valence-corrected chi connectivity index (χ1v) is 13.1. The molecule has 2 unspecified atom stereocenters. The molecule has 8 fully saturated rings. The maximum absolute atomic E-state index is 2.66. The predicted octanol–water partition coefficient (Wildman–Crippen LogP) is 7.61. The molecule has 0 aromatic heterocycles. The summed E-state index contributed by atoms with van der Waals surface area (Å²) >= 11 is 0. The van der Waals surface area contributed by atoms with E-state index in [0.29, 0.717) is 10.8 Å². The van der Waals surface area contributed by atoms with Crippen LogP contribution >= 0.6 is 0 Å². The topological polar surface area (TPSA) is 0 Å². The molecule has 0 nitrogen and oxygen atoms in total. The second kappa shape index (κ2) is 5.72. The third-order valence-corrected chi connectivity index (χ3v) is 11.5. The highest BCUT2D eigenvalue weighted by molar-refractivity contribution is 5.40. The van der Waals surface area contributed by atoms with Crippen molar-refractivity contribution in [3.8, 4) is 0 Å². The van der Waals surface area contributed by atoms with E-state index in [-0.39, 0.29) is 0 Å². The monoisotopic (exact) mass is 388 g/mol. The average Bonchev–Trinajstić information content (AvgIpc) is 2.66. The summed E-state index contributed by atoms with van der Waals surface area (Å²) in [6.07, 6.45) is 20.3. The molecule has 0 radical (unpaired) electrons. The van der Waals surface area contributed by atoms with E-state index in [9.17, 15) is 0 Å². The quantitative estimate of drug-likeness (QED) is 0.500. The molecule has 8 aliphatic rings. The van der Waals surface area contributed by atoms with Crippen molar-refractivity contribution in [2.24, 2.45) is 40.4 Å². The lowest BCUT2D eigenvalue weighted by Gasteiger charge is -2.72. The number of aryl methyl sites for hydroxylation is 2. The Morgan fingerprint density at radius 3 is 1.86 bits per heavy atom. The third kappa shape index (κ3) is 2.33. The highest BCUT2D eigenvalue weighted by Gasteiger charge is 2.67. The van der Waals surface area contributed by atoms with Crippen LogP contribution in [-0.4, -0.2) is 0 Å². The van der Waals surface area contributed by atoms with Gasteiger partial charge >= 0.3 is 0 Å². The minimum absolute atomic E-state index is 0.530. The number of hydrogen-bond donors (Lipinski definition) is 0. The molecule has 0 heteroatoms. The zero-order valence-corrected chi connectivity index (χ0v) is 18.8. The molecule has 0 heterocycles. The van der Waals surface area contributed by atoms with Crippen LogP contribution in [0.1, 0.15) is 101 Å². The van der Waals surface area contributed by atoms with Gasteiger partial charge in [0, 0.05) is 0 Å². The number of hydrogen-bond acceptors (Lipinski definition) is 0. The second-order valence-corrected chi connectivity index (χ2v) is 13.2. The van der Waals surface area contributed by atoms with E-state index in [4.69, 9.17) is 0 Å². The fraction of sp³-hybridized carbons (Fsp3) is 0.793. The summed E-state index contributed by atoms with van der Waals surface area (Å²) < 4.78 is 0. The fourth-order valence-electron chi connectivity index (χ4n) is 11.4. The van der Waals surface area contributed by atoms with Crippen molar-refractivity contribution < 1.29 is 0 Å². The first-order valence-electron chi connectivity index (χ1n) is 13.1. The largest absolute Gasteiger partial charge is 0.0613 e. The molecular weight excluding hydrogens is 348 g/mol. The summed E-state index contributed by atoms with van der Waals surface area (Å²) in [5, 5.41) is 0. The smallest absolute Gasteiger partial charge is 0.00335 e. The number of benzene rings is 1. The predicted molar refractivity (Wildman–Crippen MR) is 120 cm³/mol. The second-order valence-electron chi connectivity index (χ2n) is 13.2. The summed E-state index contributed by atoms with van der Waals surface area (Å²) in [5.74, 6) is 5.39. The van der Waals surface area contributed by atoms with E-state index in [0.717, 1.165) is 35.0 Å². The van der Waals surface area contributed by atoms with E-state index in [1.165, 1.54) is 19.3 Å². The molecule has 0 N–H and O–H groups in total. The van der Waals surface area contributed by atoms with Crippen LogP contribution in [0.25, 0.3) is 0 Å². The standard InChI is InChI=1S/C29H40/c1-3-20-5-4-19(2)26(10-20)27-11-24-9-25(12-27)17-29(16-24,18-27)28-13-21-6-22(14-28)8-23(7-21)15-28/h4-5,10,21-25H,3,6-9,11-18H2,1-2H3. The van der Waals surface area contributed by atoms with E-state index in [2.05, 4.69) is 32.0 Å². The molecule has 8 saturated carbocycles. The Bertz CT molecular complexity index is 794. The zero-order chi connectivity index (χ0) is 19.4. The number of rotatable bonds is 3. The van der Waals surface area contributed by atoms with Gasteiger partial charge in [0.2, 0.25) is 0 Å². The van der Waals surface area contributed by atoms with Crippen molar-refractivity contribution in [2.75, 3.05) is 0 Å².